The van der Waals surface area contributed by atoms with Crippen LogP contribution in [0.15, 0.2) is 23.1 Å². The van der Waals surface area contributed by atoms with Crippen molar-refractivity contribution in [3.63, 3.8) is 0 Å². The molecule has 3 amide bonds. The highest BCUT2D eigenvalue weighted by molar-refractivity contribution is 7.80. The molecule has 0 saturated carbocycles. The van der Waals surface area contributed by atoms with E-state index in [1.807, 2.05) is 6.07 Å². The van der Waals surface area contributed by atoms with Crippen LogP contribution in [-0.2, 0) is 16.1 Å². The molecule has 2 heterocycles. The van der Waals surface area contributed by atoms with E-state index in [9.17, 15) is 14.4 Å². The number of carbonyl (C=O) groups is 3. The van der Waals surface area contributed by atoms with Gasteiger partial charge in [0.15, 0.2) is 0 Å². The van der Waals surface area contributed by atoms with Crippen molar-refractivity contribution < 1.29 is 14.4 Å². The van der Waals surface area contributed by atoms with Crippen LogP contribution in [0, 0.1) is 0 Å². The molecule has 0 aliphatic carbocycles. The molecule has 1 N–H and O–H groups in total. The second-order valence-electron chi connectivity index (χ2n) is 4.70. The molecular formula is C13H12N2O3S. The molecular weight excluding hydrogens is 264 g/mol. The first-order valence-electron chi connectivity index (χ1n) is 6.03. The van der Waals surface area contributed by atoms with Crippen molar-refractivity contribution in [1.29, 1.82) is 0 Å². The van der Waals surface area contributed by atoms with Gasteiger partial charge < -0.3 is 4.90 Å². The third-order valence-corrected chi connectivity index (χ3v) is 3.98. The molecule has 1 fully saturated rings. The predicted octanol–water partition coefficient (Wildman–Crippen LogP) is 0.736. The molecule has 5 nitrogen and oxygen atoms in total. The van der Waals surface area contributed by atoms with Crippen LogP contribution in [0.25, 0.3) is 0 Å². The van der Waals surface area contributed by atoms with Crippen molar-refractivity contribution in [2.75, 3.05) is 0 Å². The smallest absolute Gasteiger partial charge is 0.255 e. The topological polar surface area (TPSA) is 66.5 Å². The molecule has 19 heavy (non-hydrogen) atoms. The highest BCUT2D eigenvalue weighted by Gasteiger charge is 2.39. The fraction of sp³-hybridized carbons (Fsp3) is 0.308. The largest absolute Gasteiger partial charge is 0.322 e. The Kier molecular flexibility index (Phi) is 2.82. The minimum Gasteiger partial charge on any atom is -0.322 e. The summed E-state index contributed by atoms with van der Waals surface area (Å²) < 4.78 is 0. The Morgan fingerprint density at radius 2 is 2.05 bits per heavy atom. The number of nitrogens with zero attached hydrogens (tertiary/aromatic N) is 1. The summed E-state index contributed by atoms with van der Waals surface area (Å²) >= 11 is 4.34. The standard InChI is InChI=1S/C13H12N2O3S/c16-11-5-4-9(12(17)14-11)15-6-8-7(13(15)18)2-1-3-10(8)19/h1-3,9,19H,4-6H2,(H,14,16,17)/t9-/m1/s1. The Balaban J connectivity index is 1.90. The van der Waals surface area contributed by atoms with Crippen LogP contribution < -0.4 is 5.32 Å². The van der Waals surface area contributed by atoms with Crippen LogP contribution >= 0.6 is 12.6 Å². The van der Waals surface area contributed by atoms with Crippen LogP contribution in [0.1, 0.15) is 28.8 Å². The summed E-state index contributed by atoms with van der Waals surface area (Å²) in [6.45, 7) is 0.375. The zero-order valence-corrected chi connectivity index (χ0v) is 10.9. The minimum absolute atomic E-state index is 0.166. The number of carbonyl (C=O) groups excluding carboxylic acids is 3. The molecule has 2 aliphatic rings. The van der Waals surface area contributed by atoms with Gasteiger partial charge in [0.05, 0.1) is 0 Å². The Morgan fingerprint density at radius 3 is 2.74 bits per heavy atom. The lowest BCUT2D eigenvalue weighted by atomic mass is 10.0. The minimum atomic E-state index is -0.565. The molecule has 0 radical (unpaired) electrons. The van der Waals surface area contributed by atoms with Gasteiger partial charge in [-0.2, -0.15) is 0 Å². The fourth-order valence-electron chi connectivity index (χ4n) is 2.57. The Hall–Kier alpha value is -1.82. The first kappa shape index (κ1) is 12.2. The second kappa shape index (κ2) is 4.38. The van der Waals surface area contributed by atoms with E-state index in [4.69, 9.17) is 0 Å². The first-order chi connectivity index (χ1) is 9.08. The van der Waals surface area contributed by atoms with Gasteiger partial charge in [0.25, 0.3) is 5.91 Å². The molecule has 6 heteroatoms. The SMILES string of the molecule is O=C1CC[C@@H](N2Cc3c(S)cccc3C2=O)C(=O)N1. The average Bonchev–Trinajstić information content (AvgIpc) is 2.69. The summed E-state index contributed by atoms with van der Waals surface area (Å²) in [5.74, 6) is -0.834. The molecule has 1 aromatic rings. The van der Waals surface area contributed by atoms with E-state index < -0.39 is 11.9 Å². The van der Waals surface area contributed by atoms with Gasteiger partial charge in [-0.3, -0.25) is 19.7 Å². The van der Waals surface area contributed by atoms with Crippen molar-refractivity contribution in [3.05, 3.63) is 29.3 Å². The lowest BCUT2D eigenvalue weighted by molar-refractivity contribution is -0.136. The molecule has 1 saturated heterocycles. The van der Waals surface area contributed by atoms with E-state index >= 15 is 0 Å². The van der Waals surface area contributed by atoms with E-state index in [1.165, 1.54) is 4.90 Å². The summed E-state index contributed by atoms with van der Waals surface area (Å²) in [4.78, 5) is 37.5. The van der Waals surface area contributed by atoms with Gasteiger partial charge in [0, 0.05) is 23.4 Å². The molecule has 0 unspecified atom stereocenters. The van der Waals surface area contributed by atoms with Gasteiger partial charge in [-0.25, -0.2) is 0 Å². The molecule has 3 rings (SSSR count). The predicted molar refractivity (Wildman–Crippen MR) is 69.7 cm³/mol. The fourth-order valence-corrected chi connectivity index (χ4v) is 2.85. The number of piperidine rings is 1. The number of fused-ring (bicyclic) bond motifs is 1. The lowest BCUT2D eigenvalue weighted by Crippen LogP contribution is -2.52. The van der Waals surface area contributed by atoms with Crippen LogP contribution in [0.2, 0.25) is 0 Å². The highest BCUT2D eigenvalue weighted by atomic mass is 32.1. The third kappa shape index (κ3) is 1.92. The summed E-state index contributed by atoms with van der Waals surface area (Å²) in [5, 5.41) is 2.28. The van der Waals surface area contributed by atoms with Crippen LogP contribution in [0.4, 0.5) is 0 Å². The van der Waals surface area contributed by atoms with Gasteiger partial charge >= 0.3 is 0 Å². The highest BCUT2D eigenvalue weighted by Crippen LogP contribution is 2.30. The normalized spacial score (nSPS) is 22.5. The Bertz CT molecular complexity index is 600. The Labute approximate surface area is 115 Å². The van der Waals surface area contributed by atoms with Gasteiger partial charge in [-0.05, 0) is 24.1 Å². The summed E-state index contributed by atoms with van der Waals surface area (Å²) in [6.07, 6.45) is 0.649. The molecule has 0 bridgehead atoms. The van der Waals surface area contributed by atoms with Crippen molar-refractivity contribution in [1.82, 2.24) is 10.2 Å². The summed E-state index contributed by atoms with van der Waals surface area (Å²) in [5.41, 5.74) is 1.44. The van der Waals surface area contributed by atoms with Crippen molar-refractivity contribution >= 4 is 30.4 Å². The van der Waals surface area contributed by atoms with Crippen LogP contribution in [0.5, 0.6) is 0 Å². The van der Waals surface area contributed by atoms with E-state index in [2.05, 4.69) is 17.9 Å². The van der Waals surface area contributed by atoms with Crippen molar-refractivity contribution in [3.8, 4) is 0 Å². The average molecular weight is 276 g/mol. The lowest BCUT2D eigenvalue weighted by Gasteiger charge is -2.29. The zero-order valence-electron chi connectivity index (χ0n) is 10.0. The van der Waals surface area contributed by atoms with Crippen molar-refractivity contribution in [2.24, 2.45) is 0 Å². The zero-order chi connectivity index (χ0) is 13.6. The maximum atomic E-state index is 12.3. The summed E-state index contributed by atoms with van der Waals surface area (Å²) in [6, 6.07) is 4.77. The van der Waals surface area contributed by atoms with Crippen LogP contribution in [-0.4, -0.2) is 28.7 Å². The number of amides is 3. The van der Waals surface area contributed by atoms with Gasteiger partial charge in [0.1, 0.15) is 6.04 Å². The van der Waals surface area contributed by atoms with E-state index in [-0.39, 0.29) is 18.2 Å². The monoisotopic (exact) mass is 276 g/mol. The maximum Gasteiger partial charge on any atom is 0.255 e. The quantitative estimate of drug-likeness (QED) is 0.587. The van der Waals surface area contributed by atoms with Crippen LogP contribution in [0.3, 0.4) is 0 Å². The number of thiol groups is 1. The molecule has 98 valence electrons. The maximum absolute atomic E-state index is 12.3. The molecule has 0 spiro atoms. The number of nitrogens with one attached hydrogen (secondary N) is 1. The third-order valence-electron chi connectivity index (χ3n) is 3.56. The molecule has 0 aromatic heterocycles. The van der Waals surface area contributed by atoms with E-state index in [0.717, 1.165) is 10.5 Å². The van der Waals surface area contributed by atoms with Gasteiger partial charge in [0.2, 0.25) is 11.8 Å². The number of imide groups is 1. The van der Waals surface area contributed by atoms with E-state index in [0.29, 0.717) is 18.5 Å². The number of hydrogen-bond acceptors (Lipinski definition) is 4. The number of benzene rings is 1. The van der Waals surface area contributed by atoms with Crippen molar-refractivity contribution in [2.45, 2.75) is 30.3 Å². The Morgan fingerprint density at radius 1 is 1.26 bits per heavy atom. The number of hydrogen-bond donors (Lipinski definition) is 2. The molecule has 1 aromatic carbocycles. The van der Waals surface area contributed by atoms with Gasteiger partial charge in [-0.1, -0.05) is 6.07 Å². The second-order valence-corrected chi connectivity index (χ2v) is 5.19. The molecule has 2 aliphatic heterocycles. The first-order valence-corrected chi connectivity index (χ1v) is 6.48. The summed E-state index contributed by atoms with van der Waals surface area (Å²) in [7, 11) is 0. The van der Waals surface area contributed by atoms with Gasteiger partial charge in [-0.15, -0.1) is 12.6 Å². The number of rotatable bonds is 1. The van der Waals surface area contributed by atoms with E-state index in [1.54, 1.807) is 12.1 Å². The molecule has 1 atom stereocenters.